The minimum Gasteiger partial charge on any atom is -0.340 e. The second kappa shape index (κ2) is 4.13. The number of nitrogens with one attached hydrogen (secondary N) is 1. The van der Waals surface area contributed by atoms with Crippen molar-refractivity contribution >= 4 is 5.91 Å². The van der Waals surface area contributed by atoms with Crippen LogP contribution in [0, 0.1) is 12.3 Å². The smallest absolute Gasteiger partial charge is 0.223 e. The largest absolute Gasteiger partial charge is 0.340 e. The molecule has 0 spiro atoms. The molecule has 0 aromatic carbocycles. The van der Waals surface area contributed by atoms with Crippen LogP contribution < -0.4 is 5.32 Å². The first-order valence-electron chi connectivity index (χ1n) is 4.15. The van der Waals surface area contributed by atoms with E-state index in [0.29, 0.717) is 18.9 Å². The summed E-state index contributed by atoms with van der Waals surface area (Å²) in [6, 6.07) is 0.385. The van der Waals surface area contributed by atoms with Crippen LogP contribution >= 0.6 is 0 Å². The van der Waals surface area contributed by atoms with E-state index in [9.17, 15) is 4.79 Å². The van der Waals surface area contributed by atoms with Crippen molar-refractivity contribution in [2.45, 2.75) is 18.9 Å². The van der Waals surface area contributed by atoms with Crippen molar-refractivity contribution in [1.29, 1.82) is 0 Å². The van der Waals surface area contributed by atoms with Gasteiger partial charge >= 0.3 is 0 Å². The molecule has 0 radical (unpaired) electrons. The molecule has 1 fully saturated rings. The molecule has 3 nitrogen and oxygen atoms in total. The fourth-order valence-electron chi connectivity index (χ4n) is 1.11. The van der Waals surface area contributed by atoms with Crippen molar-refractivity contribution < 1.29 is 4.79 Å². The first kappa shape index (κ1) is 9.08. The lowest BCUT2D eigenvalue weighted by molar-refractivity contribution is -0.132. The Kier molecular flexibility index (Phi) is 3.12. The average molecular weight is 166 g/mol. The Bertz CT molecular complexity index is 203. The number of carbonyl (C=O) groups is 1. The van der Waals surface area contributed by atoms with Crippen molar-refractivity contribution in [3.8, 4) is 12.3 Å². The Morgan fingerprint density at radius 1 is 1.75 bits per heavy atom. The Morgan fingerprint density at radius 2 is 2.42 bits per heavy atom. The molecule has 1 rings (SSSR count). The molecule has 66 valence electrons. The molecule has 1 heterocycles. The number of nitrogens with zero attached hydrogens (tertiary/aromatic N) is 1. The minimum atomic E-state index is 0.152. The molecule has 3 heteroatoms. The van der Waals surface area contributed by atoms with Gasteiger partial charge in [-0.05, 0) is 0 Å². The molecule has 1 N–H and O–H groups in total. The predicted molar refractivity (Wildman–Crippen MR) is 47.5 cm³/mol. The number of amides is 1. The van der Waals surface area contributed by atoms with E-state index >= 15 is 0 Å². The zero-order valence-corrected chi connectivity index (χ0v) is 7.34. The summed E-state index contributed by atoms with van der Waals surface area (Å²) in [5, 5.41) is 3.12. The maximum absolute atomic E-state index is 11.3. The van der Waals surface area contributed by atoms with E-state index in [1.807, 2.05) is 7.05 Å². The fourth-order valence-corrected chi connectivity index (χ4v) is 1.11. The van der Waals surface area contributed by atoms with Crippen LogP contribution in [0.1, 0.15) is 12.8 Å². The third kappa shape index (κ3) is 1.99. The van der Waals surface area contributed by atoms with Crippen molar-refractivity contribution in [3.05, 3.63) is 0 Å². The number of hydrogen-bond acceptors (Lipinski definition) is 2. The topological polar surface area (TPSA) is 32.3 Å². The molecule has 1 amide bonds. The maximum atomic E-state index is 11.3. The zero-order chi connectivity index (χ0) is 8.97. The normalized spacial score (nSPS) is 16.3. The Hall–Kier alpha value is -1.01. The molecule has 1 aliphatic rings. The van der Waals surface area contributed by atoms with Gasteiger partial charge in [0.1, 0.15) is 0 Å². The highest BCUT2D eigenvalue weighted by molar-refractivity contribution is 5.76. The SMILES string of the molecule is C#CCCC(=O)N(C)C1CNC1. The van der Waals surface area contributed by atoms with Gasteiger partial charge in [0.2, 0.25) is 5.91 Å². The van der Waals surface area contributed by atoms with Gasteiger partial charge in [-0.25, -0.2) is 0 Å². The average Bonchev–Trinajstić information content (AvgIpc) is 1.96. The van der Waals surface area contributed by atoms with E-state index in [-0.39, 0.29) is 5.91 Å². The first-order chi connectivity index (χ1) is 5.75. The Labute approximate surface area is 73.1 Å². The molecular formula is C9H14N2O. The van der Waals surface area contributed by atoms with Gasteiger partial charge in [0.05, 0.1) is 6.04 Å². The van der Waals surface area contributed by atoms with Crippen LogP contribution in [-0.4, -0.2) is 37.0 Å². The third-order valence-electron chi connectivity index (χ3n) is 2.18. The van der Waals surface area contributed by atoms with Crippen molar-refractivity contribution in [3.63, 3.8) is 0 Å². The number of terminal acetylenes is 1. The summed E-state index contributed by atoms with van der Waals surface area (Å²) in [5.41, 5.74) is 0. The quantitative estimate of drug-likeness (QED) is 0.590. The first-order valence-corrected chi connectivity index (χ1v) is 4.15. The molecule has 0 aromatic heterocycles. The summed E-state index contributed by atoms with van der Waals surface area (Å²) in [7, 11) is 1.84. The minimum absolute atomic E-state index is 0.152. The van der Waals surface area contributed by atoms with E-state index < -0.39 is 0 Å². The summed E-state index contributed by atoms with van der Waals surface area (Å²) < 4.78 is 0. The summed E-state index contributed by atoms with van der Waals surface area (Å²) in [4.78, 5) is 13.1. The van der Waals surface area contributed by atoms with E-state index in [1.165, 1.54) is 0 Å². The highest BCUT2D eigenvalue weighted by Crippen LogP contribution is 2.04. The highest BCUT2D eigenvalue weighted by atomic mass is 16.2. The van der Waals surface area contributed by atoms with Crippen molar-refractivity contribution in [1.82, 2.24) is 10.2 Å². The van der Waals surface area contributed by atoms with E-state index in [4.69, 9.17) is 6.42 Å². The molecule has 12 heavy (non-hydrogen) atoms. The molecular weight excluding hydrogens is 152 g/mol. The van der Waals surface area contributed by atoms with Gasteiger partial charge < -0.3 is 10.2 Å². The van der Waals surface area contributed by atoms with Crippen LogP contribution in [0.25, 0.3) is 0 Å². The van der Waals surface area contributed by atoms with Gasteiger partial charge in [0, 0.05) is 33.0 Å². The van der Waals surface area contributed by atoms with Gasteiger partial charge in [-0.2, -0.15) is 0 Å². The van der Waals surface area contributed by atoms with E-state index in [2.05, 4.69) is 11.2 Å². The van der Waals surface area contributed by atoms with Gasteiger partial charge in [-0.15, -0.1) is 12.3 Å². The van der Waals surface area contributed by atoms with Gasteiger partial charge in [0.15, 0.2) is 0 Å². The number of likely N-dealkylation sites (N-methyl/N-ethyl adjacent to an activating group) is 1. The van der Waals surface area contributed by atoms with Crippen LogP contribution in [0.15, 0.2) is 0 Å². The molecule has 0 aromatic rings. The van der Waals surface area contributed by atoms with Crippen molar-refractivity contribution in [2.75, 3.05) is 20.1 Å². The Balaban J connectivity index is 2.26. The van der Waals surface area contributed by atoms with Gasteiger partial charge in [-0.1, -0.05) is 0 Å². The lowest BCUT2D eigenvalue weighted by Crippen LogP contribution is -2.57. The molecule has 0 saturated carbocycles. The molecule has 0 atom stereocenters. The summed E-state index contributed by atoms with van der Waals surface area (Å²) in [5.74, 6) is 2.62. The van der Waals surface area contributed by atoms with Gasteiger partial charge in [0.25, 0.3) is 0 Å². The second-order valence-corrected chi connectivity index (χ2v) is 3.02. The van der Waals surface area contributed by atoms with Gasteiger partial charge in [-0.3, -0.25) is 4.79 Å². The third-order valence-corrected chi connectivity index (χ3v) is 2.18. The van der Waals surface area contributed by atoms with E-state index in [0.717, 1.165) is 13.1 Å². The van der Waals surface area contributed by atoms with E-state index in [1.54, 1.807) is 4.90 Å². The summed E-state index contributed by atoms with van der Waals surface area (Å²) in [6.45, 7) is 1.83. The summed E-state index contributed by atoms with van der Waals surface area (Å²) >= 11 is 0. The summed E-state index contributed by atoms with van der Waals surface area (Å²) in [6.07, 6.45) is 6.09. The molecule has 1 aliphatic heterocycles. The number of rotatable bonds is 3. The fraction of sp³-hybridized carbons (Fsp3) is 0.667. The van der Waals surface area contributed by atoms with Crippen LogP contribution in [0.2, 0.25) is 0 Å². The lowest BCUT2D eigenvalue weighted by Gasteiger charge is -2.35. The predicted octanol–water partition coefficient (Wildman–Crippen LogP) is -0.170. The molecule has 0 bridgehead atoms. The van der Waals surface area contributed by atoms with Crippen LogP contribution in [0.5, 0.6) is 0 Å². The van der Waals surface area contributed by atoms with Crippen LogP contribution in [-0.2, 0) is 4.79 Å². The van der Waals surface area contributed by atoms with Crippen LogP contribution in [0.4, 0.5) is 0 Å². The Morgan fingerprint density at radius 3 is 2.83 bits per heavy atom. The maximum Gasteiger partial charge on any atom is 0.223 e. The monoisotopic (exact) mass is 166 g/mol. The molecule has 0 aliphatic carbocycles. The van der Waals surface area contributed by atoms with Crippen LogP contribution in [0.3, 0.4) is 0 Å². The second-order valence-electron chi connectivity index (χ2n) is 3.02. The number of hydrogen-bond donors (Lipinski definition) is 1. The highest BCUT2D eigenvalue weighted by Gasteiger charge is 2.24. The lowest BCUT2D eigenvalue weighted by atomic mass is 10.1. The molecule has 1 saturated heterocycles. The zero-order valence-electron chi connectivity index (χ0n) is 7.34. The standard InChI is InChI=1S/C9H14N2O/c1-3-4-5-9(12)11(2)8-6-10-7-8/h1,8,10H,4-7H2,2H3. The number of carbonyl (C=O) groups excluding carboxylic acids is 1. The van der Waals surface area contributed by atoms with Crippen molar-refractivity contribution in [2.24, 2.45) is 0 Å². The molecule has 0 unspecified atom stereocenters.